The van der Waals surface area contributed by atoms with Gasteiger partial charge in [-0.2, -0.15) is 5.10 Å². The molecule has 1 amide bonds. The van der Waals surface area contributed by atoms with Crippen molar-refractivity contribution in [1.82, 2.24) is 15.4 Å². The van der Waals surface area contributed by atoms with Crippen LogP contribution in [0, 0.1) is 13.8 Å². The Kier molecular flexibility index (Phi) is 7.60. The van der Waals surface area contributed by atoms with E-state index in [1.54, 1.807) is 12.1 Å². The Morgan fingerprint density at radius 3 is 2.48 bits per heavy atom. The van der Waals surface area contributed by atoms with E-state index in [4.69, 9.17) is 0 Å². The molecule has 0 aliphatic carbocycles. The zero-order chi connectivity index (χ0) is 19.8. The zero-order valence-corrected chi connectivity index (χ0v) is 16.9. The van der Waals surface area contributed by atoms with Crippen molar-refractivity contribution in [3.05, 3.63) is 41.2 Å². The van der Waals surface area contributed by atoms with Crippen molar-refractivity contribution in [3.8, 4) is 5.75 Å². The predicted octanol–water partition coefficient (Wildman–Crippen LogP) is 2.89. The van der Waals surface area contributed by atoms with Gasteiger partial charge in [-0.05, 0) is 45.9 Å². The van der Waals surface area contributed by atoms with E-state index < -0.39 is 0 Å². The van der Waals surface area contributed by atoms with Crippen LogP contribution in [0.5, 0.6) is 5.75 Å². The lowest BCUT2D eigenvalue weighted by Gasteiger charge is -2.21. The van der Waals surface area contributed by atoms with Gasteiger partial charge in [-0.15, -0.1) is 0 Å². The molecule has 0 radical (unpaired) electrons. The van der Waals surface area contributed by atoms with Gasteiger partial charge in [0.05, 0.1) is 12.0 Å². The number of hydrogen-bond donors (Lipinski definition) is 2. The number of amides is 1. The molecule has 0 saturated heterocycles. The number of phenols is 1. The van der Waals surface area contributed by atoms with E-state index >= 15 is 0 Å². The van der Waals surface area contributed by atoms with E-state index in [0.717, 1.165) is 30.2 Å². The molecule has 0 unspecified atom stereocenters. The number of aromatic hydroxyl groups is 1. The third-order valence-electron chi connectivity index (χ3n) is 3.83. The molecule has 0 aliphatic rings. The third-order valence-corrected chi connectivity index (χ3v) is 4.68. The molecule has 2 aromatic rings. The number of phenolic OH excluding ortho intramolecular Hbond substituents is 1. The normalized spacial score (nSPS) is 11.0. The van der Waals surface area contributed by atoms with Crippen LogP contribution in [0.2, 0.25) is 0 Å². The van der Waals surface area contributed by atoms with Crippen molar-refractivity contribution in [2.24, 2.45) is 5.10 Å². The van der Waals surface area contributed by atoms with Crippen molar-refractivity contribution in [2.75, 3.05) is 23.7 Å². The van der Waals surface area contributed by atoms with Gasteiger partial charge in [-0.25, -0.2) is 15.4 Å². The zero-order valence-electron chi connectivity index (χ0n) is 16.1. The number of hydrogen-bond acceptors (Lipinski definition) is 7. The smallest absolute Gasteiger partial charge is 0.250 e. The molecule has 1 heterocycles. The Balaban J connectivity index is 1.89. The highest BCUT2D eigenvalue weighted by Gasteiger charge is 2.07. The second-order valence-corrected chi connectivity index (χ2v) is 6.87. The maximum Gasteiger partial charge on any atom is 0.250 e. The second-order valence-electron chi connectivity index (χ2n) is 5.93. The summed E-state index contributed by atoms with van der Waals surface area (Å²) in [7, 11) is 0. The van der Waals surface area contributed by atoms with Crippen molar-refractivity contribution in [3.63, 3.8) is 0 Å². The molecule has 0 spiro atoms. The van der Waals surface area contributed by atoms with Gasteiger partial charge in [0, 0.05) is 41.8 Å². The Bertz CT molecular complexity index is 801. The van der Waals surface area contributed by atoms with Gasteiger partial charge in [-0.3, -0.25) is 4.79 Å². The van der Waals surface area contributed by atoms with E-state index in [1.165, 1.54) is 18.0 Å². The average molecular weight is 388 g/mol. The van der Waals surface area contributed by atoms with Gasteiger partial charge in [0.2, 0.25) is 0 Å². The maximum atomic E-state index is 11.9. The highest BCUT2D eigenvalue weighted by Crippen LogP contribution is 2.23. The Hall–Kier alpha value is -2.61. The number of anilines is 1. The lowest BCUT2D eigenvalue weighted by molar-refractivity contribution is -0.118. The van der Waals surface area contributed by atoms with Crippen LogP contribution in [0.1, 0.15) is 30.8 Å². The minimum absolute atomic E-state index is 0.121. The van der Waals surface area contributed by atoms with Crippen LogP contribution < -0.4 is 10.3 Å². The third kappa shape index (κ3) is 6.25. The van der Waals surface area contributed by atoms with Crippen LogP contribution in [-0.4, -0.2) is 46.0 Å². The fraction of sp³-hybridized carbons (Fsp3) is 0.368. The largest absolute Gasteiger partial charge is 0.507 e. The fourth-order valence-corrected chi connectivity index (χ4v) is 3.26. The topological polar surface area (TPSA) is 90.7 Å². The first-order chi connectivity index (χ1) is 12.9. The summed E-state index contributed by atoms with van der Waals surface area (Å²) in [6.45, 7) is 9.63. The molecule has 27 heavy (non-hydrogen) atoms. The molecule has 2 rings (SSSR count). The fourth-order valence-electron chi connectivity index (χ4n) is 2.52. The summed E-state index contributed by atoms with van der Waals surface area (Å²) in [5, 5.41) is 14.6. The molecular formula is C19H25N5O2S. The Labute approximate surface area is 163 Å². The molecule has 0 fully saturated rings. The number of nitrogens with zero attached hydrogens (tertiary/aromatic N) is 4. The van der Waals surface area contributed by atoms with Crippen molar-refractivity contribution < 1.29 is 9.90 Å². The maximum absolute atomic E-state index is 11.9. The standard InChI is InChI=1S/C19H25N5O2S/c1-5-24(6-2)16-8-7-15(17(25)10-16)11-20-23-18(26)12-27-19-21-13(3)9-14(4)22-19/h7-11,25H,5-6,12H2,1-4H3,(H,23,26)/b20-11+. The first kappa shape index (κ1) is 20.7. The summed E-state index contributed by atoms with van der Waals surface area (Å²) in [4.78, 5) is 22.6. The molecule has 1 aromatic carbocycles. The summed E-state index contributed by atoms with van der Waals surface area (Å²) in [5.74, 6) is 0.0151. The van der Waals surface area contributed by atoms with Gasteiger partial charge >= 0.3 is 0 Å². The lowest BCUT2D eigenvalue weighted by Crippen LogP contribution is -2.21. The monoisotopic (exact) mass is 387 g/mol. The van der Waals surface area contributed by atoms with E-state index in [9.17, 15) is 9.90 Å². The minimum Gasteiger partial charge on any atom is -0.507 e. The Morgan fingerprint density at radius 1 is 1.22 bits per heavy atom. The SMILES string of the molecule is CCN(CC)c1ccc(/C=N/NC(=O)CSc2nc(C)cc(C)n2)c(O)c1. The number of aryl methyl sites for hydroxylation is 2. The number of thioether (sulfide) groups is 1. The number of aromatic nitrogens is 2. The number of rotatable bonds is 8. The summed E-state index contributed by atoms with van der Waals surface area (Å²) in [6.07, 6.45) is 1.43. The second kappa shape index (κ2) is 9.91. The molecule has 8 heteroatoms. The highest BCUT2D eigenvalue weighted by molar-refractivity contribution is 7.99. The molecule has 1 aromatic heterocycles. The van der Waals surface area contributed by atoms with Crippen LogP contribution in [0.3, 0.4) is 0 Å². The summed E-state index contributed by atoms with van der Waals surface area (Å²) in [6, 6.07) is 7.27. The molecular weight excluding hydrogens is 362 g/mol. The van der Waals surface area contributed by atoms with E-state index in [0.29, 0.717) is 10.7 Å². The van der Waals surface area contributed by atoms with Gasteiger partial charge in [-0.1, -0.05) is 11.8 Å². The molecule has 0 bridgehead atoms. The number of carbonyl (C=O) groups is 1. The van der Waals surface area contributed by atoms with Crippen LogP contribution in [-0.2, 0) is 4.79 Å². The summed E-state index contributed by atoms with van der Waals surface area (Å²) < 4.78 is 0. The van der Waals surface area contributed by atoms with Gasteiger partial charge in [0.15, 0.2) is 5.16 Å². The number of hydrazone groups is 1. The van der Waals surface area contributed by atoms with E-state index in [2.05, 4.69) is 39.2 Å². The minimum atomic E-state index is -0.265. The molecule has 7 nitrogen and oxygen atoms in total. The number of nitrogens with one attached hydrogen (secondary N) is 1. The van der Waals surface area contributed by atoms with E-state index in [-0.39, 0.29) is 17.4 Å². The molecule has 0 atom stereocenters. The first-order valence-electron chi connectivity index (χ1n) is 8.77. The number of carbonyl (C=O) groups excluding carboxylic acids is 1. The van der Waals surface area contributed by atoms with Crippen molar-refractivity contribution >= 4 is 29.6 Å². The molecule has 144 valence electrons. The van der Waals surface area contributed by atoms with Crippen molar-refractivity contribution in [2.45, 2.75) is 32.9 Å². The average Bonchev–Trinajstić information content (AvgIpc) is 2.62. The highest BCUT2D eigenvalue weighted by atomic mass is 32.2. The Morgan fingerprint density at radius 2 is 1.89 bits per heavy atom. The lowest BCUT2D eigenvalue weighted by atomic mass is 10.2. The van der Waals surface area contributed by atoms with E-state index in [1.807, 2.05) is 26.0 Å². The van der Waals surface area contributed by atoms with Gasteiger partial charge < -0.3 is 10.0 Å². The predicted molar refractivity (Wildman–Crippen MR) is 110 cm³/mol. The molecule has 0 aliphatic heterocycles. The van der Waals surface area contributed by atoms with Crippen molar-refractivity contribution in [1.29, 1.82) is 0 Å². The van der Waals surface area contributed by atoms with Gasteiger partial charge in [0.25, 0.3) is 5.91 Å². The van der Waals surface area contributed by atoms with Crippen LogP contribution >= 0.6 is 11.8 Å². The first-order valence-corrected chi connectivity index (χ1v) is 9.76. The quantitative estimate of drug-likeness (QED) is 0.313. The van der Waals surface area contributed by atoms with Gasteiger partial charge in [0.1, 0.15) is 5.75 Å². The molecule has 0 saturated carbocycles. The van der Waals surface area contributed by atoms with Crippen LogP contribution in [0.15, 0.2) is 34.5 Å². The molecule has 2 N–H and O–H groups in total. The van der Waals surface area contributed by atoms with Crippen LogP contribution in [0.25, 0.3) is 0 Å². The summed E-state index contributed by atoms with van der Waals surface area (Å²) in [5.41, 5.74) is 5.67. The number of benzene rings is 1. The van der Waals surface area contributed by atoms with Crippen LogP contribution in [0.4, 0.5) is 5.69 Å². The summed E-state index contributed by atoms with van der Waals surface area (Å²) >= 11 is 1.25.